The van der Waals surface area contributed by atoms with Crippen LogP contribution < -0.4 is 10.6 Å². The summed E-state index contributed by atoms with van der Waals surface area (Å²) in [4.78, 5) is 27.4. The standard InChI is InChI=1S/C24H23ClFN5O2/c25-17-6-4-15(5-7-17)8-21-24(33)30-14-19(10-22(30)23(32)29-21)27-11-16-12-28-31(13-16)20-3-1-2-18(26)9-20/h1-7,9,12-13,19,21-22,27H,8,10-11,14H2,(H,29,32)/t19-,21-,22-/m0/s1. The highest BCUT2D eigenvalue weighted by Crippen LogP contribution is 2.24. The average Bonchev–Trinajstić information content (AvgIpc) is 3.45. The first-order valence-corrected chi connectivity index (χ1v) is 11.2. The summed E-state index contributed by atoms with van der Waals surface area (Å²) in [6.07, 6.45) is 4.55. The van der Waals surface area contributed by atoms with Gasteiger partial charge in [0, 0.05) is 42.3 Å². The van der Waals surface area contributed by atoms with Gasteiger partial charge in [-0.15, -0.1) is 0 Å². The maximum Gasteiger partial charge on any atom is 0.246 e. The van der Waals surface area contributed by atoms with E-state index in [0.717, 1.165) is 11.1 Å². The van der Waals surface area contributed by atoms with Crippen molar-refractivity contribution in [3.05, 3.63) is 82.9 Å². The third-order valence-electron chi connectivity index (χ3n) is 6.16. The Morgan fingerprint density at radius 2 is 1.97 bits per heavy atom. The first kappa shape index (κ1) is 21.6. The van der Waals surface area contributed by atoms with Gasteiger partial charge < -0.3 is 15.5 Å². The molecule has 2 aromatic carbocycles. The molecule has 3 aromatic rings. The zero-order valence-corrected chi connectivity index (χ0v) is 18.5. The molecule has 2 fully saturated rings. The summed E-state index contributed by atoms with van der Waals surface area (Å²) in [6, 6.07) is 12.5. The van der Waals surface area contributed by atoms with Crippen molar-refractivity contribution in [3.63, 3.8) is 0 Å². The molecule has 0 saturated carbocycles. The summed E-state index contributed by atoms with van der Waals surface area (Å²) in [5.74, 6) is -0.489. The van der Waals surface area contributed by atoms with E-state index >= 15 is 0 Å². The quantitative estimate of drug-likeness (QED) is 0.583. The van der Waals surface area contributed by atoms with E-state index in [1.54, 1.807) is 40.0 Å². The van der Waals surface area contributed by atoms with Gasteiger partial charge >= 0.3 is 0 Å². The number of amides is 2. The Labute approximate surface area is 195 Å². The summed E-state index contributed by atoms with van der Waals surface area (Å²) in [5, 5.41) is 11.2. The van der Waals surface area contributed by atoms with E-state index < -0.39 is 12.1 Å². The highest BCUT2D eigenvalue weighted by Gasteiger charge is 2.46. The average molecular weight is 468 g/mol. The van der Waals surface area contributed by atoms with Crippen LogP contribution in [0.3, 0.4) is 0 Å². The number of nitrogens with zero attached hydrogens (tertiary/aromatic N) is 3. The molecule has 3 atom stereocenters. The highest BCUT2D eigenvalue weighted by molar-refractivity contribution is 6.30. The molecule has 33 heavy (non-hydrogen) atoms. The molecule has 0 spiro atoms. The predicted octanol–water partition coefficient (Wildman–Crippen LogP) is 2.46. The monoisotopic (exact) mass is 467 g/mol. The van der Waals surface area contributed by atoms with Gasteiger partial charge in [0.05, 0.1) is 11.9 Å². The Morgan fingerprint density at radius 1 is 1.15 bits per heavy atom. The van der Waals surface area contributed by atoms with Crippen LogP contribution in [-0.2, 0) is 22.6 Å². The molecule has 7 nitrogen and oxygen atoms in total. The largest absolute Gasteiger partial charge is 0.342 e. The predicted molar refractivity (Wildman–Crippen MR) is 121 cm³/mol. The SMILES string of the molecule is O=C1N[C@@H](Cc2ccc(Cl)cc2)C(=O)N2C[C@@H](NCc3cnn(-c4cccc(F)c4)c3)C[C@@H]12. The molecule has 2 amide bonds. The van der Waals surface area contributed by atoms with Crippen molar-refractivity contribution in [3.8, 4) is 5.69 Å². The first-order chi connectivity index (χ1) is 16.0. The van der Waals surface area contributed by atoms with Gasteiger partial charge in [0.1, 0.15) is 17.9 Å². The highest BCUT2D eigenvalue weighted by atomic mass is 35.5. The van der Waals surface area contributed by atoms with Crippen LogP contribution in [-0.4, -0.2) is 51.2 Å². The minimum Gasteiger partial charge on any atom is -0.342 e. The smallest absolute Gasteiger partial charge is 0.246 e. The minimum absolute atomic E-state index is 0.00324. The Kier molecular flexibility index (Phi) is 5.86. The second-order valence-electron chi connectivity index (χ2n) is 8.48. The molecule has 9 heteroatoms. The summed E-state index contributed by atoms with van der Waals surface area (Å²) in [6.45, 7) is 1.01. The molecule has 2 N–H and O–H groups in total. The summed E-state index contributed by atoms with van der Waals surface area (Å²) in [5.41, 5.74) is 2.52. The number of halogens is 2. The van der Waals surface area contributed by atoms with Gasteiger partial charge in [-0.2, -0.15) is 5.10 Å². The van der Waals surface area contributed by atoms with Crippen LogP contribution in [0.2, 0.25) is 5.02 Å². The lowest BCUT2D eigenvalue weighted by molar-refractivity contribution is -0.147. The number of carbonyl (C=O) groups excluding carboxylic acids is 2. The number of nitrogens with one attached hydrogen (secondary N) is 2. The third-order valence-corrected chi connectivity index (χ3v) is 6.41. The van der Waals surface area contributed by atoms with Gasteiger partial charge in [-0.25, -0.2) is 9.07 Å². The molecule has 2 aliphatic heterocycles. The molecule has 170 valence electrons. The van der Waals surface area contributed by atoms with Crippen molar-refractivity contribution < 1.29 is 14.0 Å². The van der Waals surface area contributed by atoms with E-state index in [2.05, 4.69) is 15.7 Å². The normalized spacial score (nSPS) is 22.4. The second-order valence-corrected chi connectivity index (χ2v) is 8.92. The number of hydrogen-bond donors (Lipinski definition) is 2. The molecule has 0 bridgehead atoms. The zero-order valence-electron chi connectivity index (χ0n) is 17.7. The van der Waals surface area contributed by atoms with Crippen LogP contribution in [0.5, 0.6) is 0 Å². The Balaban J connectivity index is 1.20. The van der Waals surface area contributed by atoms with Crippen LogP contribution in [0.25, 0.3) is 5.69 Å². The van der Waals surface area contributed by atoms with E-state index in [1.165, 1.54) is 12.1 Å². The number of fused-ring (bicyclic) bond motifs is 1. The van der Waals surface area contributed by atoms with Crippen LogP contribution in [0.4, 0.5) is 4.39 Å². The maximum absolute atomic E-state index is 13.5. The van der Waals surface area contributed by atoms with Crippen molar-refractivity contribution in [2.75, 3.05) is 6.54 Å². The fraction of sp³-hybridized carbons (Fsp3) is 0.292. The minimum atomic E-state index is -0.571. The first-order valence-electron chi connectivity index (χ1n) is 10.8. The summed E-state index contributed by atoms with van der Waals surface area (Å²) >= 11 is 5.94. The zero-order chi connectivity index (χ0) is 22.9. The fourth-order valence-electron chi connectivity index (χ4n) is 4.47. The Morgan fingerprint density at radius 3 is 2.76 bits per heavy atom. The molecule has 3 heterocycles. The maximum atomic E-state index is 13.5. The van der Waals surface area contributed by atoms with Crippen LogP contribution in [0, 0.1) is 5.82 Å². The third kappa shape index (κ3) is 4.62. The molecule has 2 saturated heterocycles. The lowest BCUT2D eigenvalue weighted by atomic mass is 10.0. The summed E-state index contributed by atoms with van der Waals surface area (Å²) < 4.78 is 15.1. The lowest BCUT2D eigenvalue weighted by Gasteiger charge is -2.34. The lowest BCUT2D eigenvalue weighted by Crippen LogP contribution is -2.61. The van der Waals surface area contributed by atoms with Crippen molar-refractivity contribution in [2.45, 2.75) is 37.5 Å². The van der Waals surface area contributed by atoms with Gasteiger partial charge in [0.2, 0.25) is 11.8 Å². The summed E-state index contributed by atoms with van der Waals surface area (Å²) in [7, 11) is 0. The van der Waals surface area contributed by atoms with Crippen molar-refractivity contribution in [1.82, 2.24) is 25.3 Å². The van der Waals surface area contributed by atoms with Gasteiger partial charge in [-0.3, -0.25) is 9.59 Å². The molecule has 0 radical (unpaired) electrons. The van der Waals surface area contributed by atoms with E-state index in [9.17, 15) is 14.0 Å². The van der Waals surface area contributed by atoms with E-state index in [4.69, 9.17) is 11.6 Å². The van der Waals surface area contributed by atoms with E-state index in [1.807, 2.05) is 18.3 Å². The number of carbonyl (C=O) groups is 2. The molecule has 5 rings (SSSR count). The fourth-order valence-corrected chi connectivity index (χ4v) is 4.60. The molecule has 0 unspecified atom stereocenters. The molecular formula is C24H23ClFN5O2. The van der Waals surface area contributed by atoms with E-state index in [-0.39, 0.29) is 23.7 Å². The molecular weight excluding hydrogens is 445 g/mol. The number of aromatic nitrogens is 2. The van der Waals surface area contributed by atoms with Gasteiger partial charge in [-0.05, 0) is 42.3 Å². The van der Waals surface area contributed by atoms with Crippen LogP contribution >= 0.6 is 11.6 Å². The van der Waals surface area contributed by atoms with Crippen molar-refractivity contribution in [2.24, 2.45) is 0 Å². The number of hydrogen-bond acceptors (Lipinski definition) is 4. The Bertz CT molecular complexity index is 1180. The number of benzene rings is 2. The second kappa shape index (κ2) is 8.96. The molecule has 0 aliphatic carbocycles. The van der Waals surface area contributed by atoms with Crippen molar-refractivity contribution >= 4 is 23.4 Å². The van der Waals surface area contributed by atoms with Gasteiger partial charge in [0.25, 0.3) is 0 Å². The number of piperazine rings is 1. The molecule has 1 aromatic heterocycles. The van der Waals surface area contributed by atoms with Gasteiger partial charge in [0.15, 0.2) is 0 Å². The van der Waals surface area contributed by atoms with Crippen molar-refractivity contribution in [1.29, 1.82) is 0 Å². The van der Waals surface area contributed by atoms with Gasteiger partial charge in [-0.1, -0.05) is 29.8 Å². The van der Waals surface area contributed by atoms with Crippen LogP contribution in [0.1, 0.15) is 17.5 Å². The molecule has 2 aliphatic rings. The number of rotatable bonds is 6. The van der Waals surface area contributed by atoms with E-state index in [0.29, 0.717) is 36.6 Å². The van der Waals surface area contributed by atoms with Crippen LogP contribution in [0.15, 0.2) is 60.9 Å². The Hall–Kier alpha value is -3.23. The topological polar surface area (TPSA) is 79.3 Å².